The zero-order chi connectivity index (χ0) is 13.0. The van der Waals surface area contributed by atoms with Gasteiger partial charge in [-0.3, -0.25) is 4.79 Å². The van der Waals surface area contributed by atoms with E-state index in [9.17, 15) is 9.18 Å². The van der Waals surface area contributed by atoms with Gasteiger partial charge in [-0.05, 0) is 30.5 Å². The second-order valence-corrected chi connectivity index (χ2v) is 5.32. The lowest BCUT2D eigenvalue weighted by atomic mass is 10.1. The normalized spacial score (nSPS) is 12.6. The first-order valence-corrected chi connectivity index (χ1v) is 7.11. The van der Waals surface area contributed by atoms with Gasteiger partial charge in [0.2, 0.25) is 0 Å². The summed E-state index contributed by atoms with van der Waals surface area (Å²) in [6, 6.07) is 4.68. The fourth-order valence-electron chi connectivity index (χ4n) is 1.37. The molecule has 2 nitrogen and oxygen atoms in total. The number of nitrogens with one attached hydrogen (secondary N) is 1. The lowest BCUT2D eigenvalue weighted by molar-refractivity contribution is 0.0931. The molecule has 4 heteroatoms. The highest BCUT2D eigenvalue weighted by Gasteiger charge is 2.16. The minimum absolute atomic E-state index is 0.118. The molecule has 0 fully saturated rings. The van der Waals surface area contributed by atoms with Gasteiger partial charge in [0.25, 0.3) is 5.91 Å². The van der Waals surface area contributed by atoms with Gasteiger partial charge >= 0.3 is 0 Å². The van der Waals surface area contributed by atoms with Crippen LogP contribution < -0.4 is 5.32 Å². The van der Waals surface area contributed by atoms with Crippen molar-refractivity contribution in [2.75, 3.05) is 4.43 Å². The standard InChI is InChI=1S/C13H17FINO/c1-8(2)12(7-15)16-13(17)10-5-4-9(3)11(14)6-10/h4-6,8,12H,7H2,1-3H3,(H,16,17). The average molecular weight is 349 g/mol. The molecule has 1 amide bonds. The maximum atomic E-state index is 13.3. The quantitative estimate of drug-likeness (QED) is 0.656. The molecule has 0 aromatic heterocycles. The van der Waals surface area contributed by atoms with E-state index in [0.29, 0.717) is 17.0 Å². The van der Waals surface area contributed by atoms with E-state index >= 15 is 0 Å². The molecule has 1 rings (SSSR count). The Bertz CT molecular complexity index is 406. The molecule has 0 spiro atoms. The summed E-state index contributed by atoms with van der Waals surface area (Å²) in [5.74, 6) is -0.182. The van der Waals surface area contributed by atoms with Crippen molar-refractivity contribution in [3.8, 4) is 0 Å². The van der Waals surface area contributed by atoms with Crippen LogP contribution in [0.25, 0.3) is 0 Å². The molecule has 0 saturated heterocycles. The van der Waals surface area contributed by atoms with Crippen molar-refractivity contribution in [1.82, 2.24) is 5.32 Å². The first kappa shape index (κ1) is 14.4. The molecule has 1 aromatic carbocycles. The van der Waals surface area contributed by atoms with Crippen LogP contribution in [-0.4, -0.2) is 16.4 Å². The number of hydrogen-bond donors (Lipinski definition) is 1. The van der Waals surface area contributed by atoms with Crippen LogP contribution in [0.2, 0.25) is 0 Å². The van der Waals surface area contributed by atoms with Crippen molar-refractivity contribution in [2.24, 2.45) is 5.92 Å². The van der Waals surface area contributed by atoms with E-state index < -0.39 is 0 Å². The topological polar surface area (TPSA) is 29.1 Å². The number of carbonyl (C=O) groups is 1. The molecule has 0 aliphatic carbocycles. The summed E-state index contributed by atoms with van der Waals surface area (Å²) >= 11 is 2.24. The lowest BCUT2D eigenvalue weighted by Gasteiger charge is -2.20. The molecule has 17 heavy (non-hydrogen) atoms. The van der Waals surface area contributed by atoms with Crippen molar-refractivity contribution < 1.29 is 9.18 Å². The van der Waals surface area contributed by atoms with Gasteiger partial charge in [-0.25, -0.2) is 4.39 Å². The summed E-state index contributed by atoms with van der Waals surface area (Å²) in [4.78, 5) is 11.9. The van der Waals surface area contributed by atoms with Gasteiger partial charge in [0.1, 0.15) is 5.82 Å². The molecule has 0 saturated carbocycles. The van der Waals surface area contributed by atoms with Gasteiger partial charge in [-0.15, -0.1) is 0 Å². The Labute approximate surface area is 115 Å². The maximum absolute atomic E-state index is 13.3. The summed E-state index contributed by atoms with van der Waals surface area (Å²) in [6.07, 6.45) is 0. The Morgan fingerprint density at radius 3 is 2.59 bits per heavy atom. The Morgan fingerprint density at radius 1 is 1.47 bits per heavy atom. The van der Waals surface area contributed by atoms with Crippen molar-refractivity contribution in [1.29, 1.82) is 0 Å². The average Bonchev–Trinajstić information content (AvgIpc) is 2.28. The Kier molecular flexibility index (Phi) is 5.36. The number of benzene rings is 1. The zero-order valence-electron chi connectivity index (χ0n) is 10.3. The largest absolute Gasteiger partial charge is 0.348 e. The number of amides is 1. The molecule has 0 bridgehead atoms. The van der Waals surface area contributed by atoms with Gasteiger partial charge in [0.15, 0.2) is 0 Å². The minimum atomic E-state index is -0.340. The number of aryl methyl sites for hydroxylation is 1. The number of alkyl halides is 1. The van der Waals surface area contributed by atoms with Crippen LogP contribution in [-0.2, 0) is 0 Å². The van der Waals surface area contributed by atoms with E-state index in [1.807, 2.05) is 0 Å². The SMILES string of the molecule is Cc1ccc(C(=O)NC(CI)C(C)C)cc1F. The monoisotopic (exact) mass is 349 g/mol. The van der Waals surface area contributed by atoms with Crippen LogP contribution >= 0.6 is 22.6 Å². The van der Waals surface area contributed by atoms with Crippen molar-refractivity contribution in [3.05, 3.63) is 35.1 Å². The zero-order valence-corrected chi connectivity index (χ0v) is 12.4. The molecule has 1 atom stereocenters. The molecule has 1 unspecified atom stereocenters. The van der Waals surface area contributed by atoms with E-state index in [-0.39, 0.29) is 17.8 Å². The first-order chi connectivity index (χ1) is 7.95. The Hall–Kier alpha value is -0.650. The van der Waals surface area contributed by atoms with Gasteiger partial charge in [-0.1, -0.05) is 42.5 Å². The molecule has 1 N–H and O–H groups in total. The number of halogens is 2. The third-order valence-electron chi connectivity index (χ3n) is 2.72. The minimum Gasteiger partial charge on any atom is -0.348 e. The summed E-state index contributed by atoms with van der Waals surface area (Å²) < 4.78 is 14.2. The lowest BCUT2D eigenvalue weighted by Crippen LogP contribution is -2.39. The van der Waals surface area contributed by atoms with Crippen molar-refractivity contribution >= 4 is 28.5 Å². The molecule has 0 radical (unpaired) electrons. The summed E-state index contributed by atoms with van der Waals surface area (Å²) in [6.45, 7) is 5.79. The fraction of sp³-hybridized carbons (Fsp3) is 0.462. The number of hydrogen-bond acceptors (Lipinski definition) is 1. The highest BCUT2D eigenvalue weighted by molar-refractivity contribution is 14.1. The Balaban J connectivity index is 2.79. The maximum Gasteiger partial charge on any atom is 0.251 e. The second kappa shape index (κ2) is 6.33. The summed E-state index contributed by atoms with van der Waals surface area (Å²) in [5.41, 5.74) is 0.930. The predicted molar refractivity (Wildman–Crippen MR) is 76.1 cm³/mol. The Morgan fingerprint density at radius 2 is 2.12 bits per heavy atom. The summed E-state index contributed by atoms with van der Waals surface area (Å²) in [5, 5.41) is 2.92. The fourth-order valence-corrected chi connectivity index (χ4v) is 2.61. The third kappa shape index (κ3) is 3.94. The molecular weight excluding hydrogens is 332 g/mol. The highest BCUT2D eigenvalue weighted by Crippen LogP contribution is 2.11. The molecule has 0 heterocycles. The van der Waals surface area contributed by atoms with E-state index in [1.54, 1.807) is 19.1 Å². The molecule has 1 aromatic rings. The predicted octanol–water partition coefficient (Wildman–Crippen LogP) is 3.32. The van der Waals surface area contributed by atoms with Crippen LogP contribution in [0.1, 0.15) is 29.8 Å². The van der Waals surface area contributed by atoms with E-state index in [2.05, 4.69) is 41.8 Å². The van der Waals surface area contributed by atoms with Crippen LogP contribution in [0.15, 0.2) is 18.2 Å². The van der Waals surface area contributed by atoms with Crippen molar-refractivity contribution in [3.63, 3.8) is 0 Å². The van der Waals surface area contributed by atoms with E-state index in [0.717, 1.165) is 4.43 Å². The van der Waals surface area contributed by atoms with Gasteiger partial charge < -0.3 is 5.32 Å². The van der Waals surface area contributed by atoms with Crippen LogP contribution in [0.3, 0.4) is 0 Å². The smallest absolute Gasteiger partial charge is 0.251 e. The van der Waals surface area contributed by atoms with E-state index in [1.165, 1.54) is 6.07 Å². The van der Waals surface area contributed by atoms with Crippen molar-refractivity contribution in [2.45, 2.75) is 26.8 Å². The molecular formula is C13H17FINO. The van der Waals surface area contributed by atoms with Gasteiger partial charge in [-0.2, -0.15) is 0 Å². The van der Waals surface area contributed by atoms with Crippen LogP contribution in [0, 0.1) is 18.7 Å². The number of carbonyl (C=O) groups excluding carboxylic acids is 1. The second-order valence-electron chi connectivity index (χ2n) is 4.44. The molecule has 94 valence electrons. The number of rotatable bonds is 4. The third-order valence-corrected chi connectivity index (χ3v) is 3.67. The van der Waals surface area contributed by atoms with Gasteiger partial charge in [0, 0.05) is 16.0 Å². The van der Waals surface area contributed by atoms with Crippen LogP contribution in [0.5, 0.6) is 0 Å². The first-order valence-electron chi connectivity index (χ1n) is 5.58. The van der Waals surface area contributed by atoms with E-state index in [4.69, 9.17) is 0 Å². The molecule has 0 aliphatic rings. The summed E-state index contributed by atoms with van der Waals surface area (Å²) in [7, 11) is 0. The van der Waals surface area contributed by atoms with Gasteiger partial charge in [0.05, 0.1) is 0 Å². The highest BCUT2D eigenvalue weighted by atomic mass is 127. The molecule has 0 aliphatic heterocycles. The van der Waals surface area contributed by atoms with Crippen LogP contribution in [0.4, 0.5) is 4.39 Å².